The summed E-state index contributed by atoms with van der Waals surface area (Å²) in [4.78, 5) is 0. The van der Waals surface area contributed by atoms with Crippen molar-refractivity contribution < 1.29 is 10.2 Å². The largest absolute Gasteiger partial charge is 0.393 e. The van der Waals surface area contributed by atoms with Crippen LogP contribution in [0, 0.1) is 52.3 Å². The third kappa shape index (κ3) is 2.79. The fourth-order valence-electron chi connectivity index (χ4n) is 9.22. The lowest BCUT2D eigenvalue weighted by atomic mass is 9.41. The average Bonchev–Trinajstić information content (AvgIpc) is 3.00. The number of fused-ring (bicyclic) bond motifs is 5. The third-order valence-corrected chi connectivity index (χ3v) is 10.8. The monoisotopic (exact) mass is 376 g/mol. The second-order valence-corrected chi connectivity index (χ2v) is 11.5. The van der Waals surface area contributed by atoms with Gasteiger partial charge in [-0.15, -0.1) is 0 Å². The second kappa shape index (κ2) is 7.01. The first kappa shape index (κ1) is 20.2. The average molecular weight is 377 g/mol. The van der Waals surface area contributed by atoms with Gasteiger partial charge in [-0.25, -0.2) is 0 Å². The van der Waals surface area contributed by atoms with E-state index in [1.54, 1.807) is 0 Å². The van der Waals surface area contributed by atoms with E-state index in [4.69, 9.17) is 0 Å². The molecular weight excluding hydrogens is 332 g/mol. The van der Waals surface area contributed by atoms with Gasteiger partial charge in [0.25, 0.3) is 0 Å². The van der Waals surface area contributed by atoms with Gasteiger partial charge in [-0.05, 0) is 97.2 Å². The molecule has 0 heterocycles. The van der Waals surface area contributed by atoms with Crippen molar-refractivity contribution in [2.75, 3.05) is 0 Å². The predicted octanol–water partition coefficient (Wildman–Crippen LogP) is 5.66. The van der Waals surface area contributed by atoms with Crippen LogP contribution in [-0.4, -0.2) is 22.4 Å². The van der Waals surface area contributed by atoms with Crippen molar-refractivity contribution in [2.45, 2.75) is 105 Å². The zero-order chi connectivity index (χ0) is 19.6. The topological polar surface area (TPSA) is 40.5 Å². The van der Waals surface area contributed by atoms with Crippen LogP contribution >= 0.6 is 0 Å². The number of hydrogen-bond acceptors (Lipinski definition) is 2. The Morgan fingerprint density at radius 1 is 0.889 bits per heavy atom. The second-order valence-electron chi connectivity index (χ2n) is 11.5. The van der Waals surface area contributed by atoms with Gasteiger partial charge in [0.05, 0.1) is 12.2 Å². The SMILES string of the molecule is CC[C@@H](C)[C@H]1CCC2C3C(O)[C@H](CC)[C@@H]4C[C@H](O)CC[C@]4(C)C3CC[C@@]21C. The molecule has 0 aromatic carbocycles. The van der Waals surface area contributed by atoms with Crippen molar-refractivity contribution in [3.8, 4) is 0 Å². The van der Waals surface area contributed by atoms with Crippen LogP contribution in [0.15, 0.2) is 0 Å². The van der Waals surface area contributed by atoms with Gasteiger partial charge >= 0.3 is 0 Å². The number of hydrogen-bond donors (Lipinski definition) is 2. The van der Waals surface area contributed by atoms with Crippen molar-refractivity contribution in [1.82, 2.24) is 0 Å². The van der Waals surface area contributed by atoms with Crippen molar-refractivity contribution in [1.29, 1.82) is 0 Å². The Balaban J connectivity index is 1.69. The van der Waals surface area contributed by atoms with E-state index in [0.717, 1.165) is 31.1 Å². The minimum Gasteiger partial charge on any atom is -0.393 e. The summed E-state index contributed by atoms with van der Waals surface area (Å²) in [5, 5.41) is 22.1. The first-order valence-corrected chi connectivity index (χ1v) is 12.1. The molecule has 2 nitrogen and oxygen atoms in total. The highest BCUT2D eigenvalue weighted by Gasteiger charge is 2.64. The van der Waals surface area contributed by atoms with Crippen LogP contribution in [0.4, 0.5) is 0 Å². The number of rotatable bonds is 3. The first-order valence-electron chi connectivity index (χ1n) is 12.1. The van der Waals surface area contributed by atoms with Gasteiger partial charge < -0.3 is 10.2 Å². The van der Waals surface area contributed by atoms with Gasteiger partial charge in [0.2, 0.25) is 0 Å². The molecule has 0 radical (unpaired) electrons. The lowest BCUT2D eigenvalue weighted by molar-refractivity contribution is -0.203. The van der Waals surface area contributed by atoms with Crippen LogP contribution in [0.1, 0.15) is 92.4 Å². The molecule has 11 atom stereocenters. The maximum absolute atomic E-state index is 11.7. The molecule has 4 unspecified atom stereocenters. The van der Waals surface area contributed by atoms with Gasteiger partial charge in [-0.3, -0.25) is 0 Å². The molecule has 0 aromatic rings. The van der Waals surface area contributed by atoms with E-state index >= 15 is 0 Å². The van der Waals surface area contributed by atoms with Crippen molar-refractivity contribution in [3.05, 3.63) is 0 Å². The Kier molecular flexibility index (Phi) is 5.25. The lowest BCUT2D eigenvalue weighted by Crippen LogP contribution is -2.62. The summed E-state index contributed by atoms with van der Waals surface area (Å²) in [6.07, 6.45) is 10.5. The van der Waals surface area contributed by atoms with Crippen LogP contribution in [-0.2, 0) is 0 Å². The Morgan fingerprint density at radius 2 is 1.56 bits per heavy atom. The molecule has 4 fully saturated rings. The van der Waals surface area contributed by atoms with Crippen LogP contribution < -0.4 is 0 Å². The van der Waals surface area contributed by atoms with E-state index in [0.29, 0.717) is 40.4 Å². The smallest absolute Gasteiger partial charge is 0.0605 e. The summed E-state index contributed by atoms with van der Waals surface area (Å²) < 4.78 is 0. The molecule has 0 aromatic heterocycles. The maximum atomic E-state index is 11.7. The molecule has 0 saturated heterocycles. The van der Waals surface area contributed by atoms with E-state index in [1.165, 1.54) is 38.5 Å². The normalized spacial score (nSPS) is 56.1. The molecule has 4 rings (SSSR count). The first-order chi connectivity index (χ1) is 12.8. The number of aliphatic hydroxyl groups is 2. The summed E-state index contributed by atoms with van der Waals surface area (Å²) in [6.45, 7) is 12.2. The van der Waals surface area contributed by atoms with Crippen molar-refractivity contribution in [2.24, 2.45) is 52.3 Å². The van der Waals surface area contributed by atoms with Gasteiger partial charge in [0.15, 0.2) is 0 Å². The summed E-state index contributed by atoms with van der Waals surface area (Å²) in [5.74, 6) is 4.44. The molecule has 2 heteroatoms. The molecule has 156 valence electrons. The Morgan fingerprint density at radius 3 is 2.22 bits per heavy atom. The highest BCUT2D eigenvalue weighted by molar-refractivity contribution is 5.13. The molecule has 0 spiro atoms. The molecule has 4 saturated carbocycles. The quantitative estimate of drug-likeness (QED) is 0.667. The minimum absolute atomic E-state index is 0.143. The molecule has 2 N–H and O–H groups in total. The van der Waals surface area contributed by atoms with Gasteiger partial charge in [-0.2, -0.15) is 0 Å². The Hall–Kier alpha value is -0.0800. The van der Waals surface area contributed by atoms with Crippen LogP contribution in [0.5, 0.6) is 0 Å². The lowest BCUT2D eigenvalue weighted by Gasteiger charge is -2.64. The Labute approximate surface area is 167 Å². The highest BCUT2D eigenvalue weighted by atomic mass is 16.3. The molecule has 4 aliphatic rings. The van der Waals surface area contributed by atoms with Gasteiger partial charge in [-0.1, -0.05) is 47.5 Å². The van der Waals surface area contributed by atoms with Crippen LogP contribution in [0.3, 0.4) is 0 Å². The molecule has 4 aliphatic carbocycles. The summed E-state index contributed by atoms with van der Waals surface area (Å²) in [5.41, 5.74) is 0.771. The molecule has 0 aliphatic heterocycles. The summed E-state index contributed by atoms with van der Waals surface area (Å²) in [6, 6.07) is 0. The summed E-state index contributed by atoms with van der Waals surface area (Å²) in [7, 11) is 0. The predicted molar refractivity (Wildman–Crippen MR) is 111 cm³/mol. The molecule has 0 amide bonds. The Bertz CT molecular complexity index is 546. The van der Waals surface area contributed by atoms with Gasteiger partial charge in [0.1, 0.15) is 0 Å². The van der Waals surface area contributed by atoms with Crippen molar-refractivity contribution >= 4 is 0 Å². The zero-order valence-electron chi connectivity index (χ0n) is 18.5. The summed E-state index contributed by atoms with van der Waals surface area (Å²) >= 11 is 0. The van der Waals surface area contributed by atoms with E-state index in [1.807, 2.05) is 0 Å². The van der Waals surface area contributed by atoms with E-state index in [2.05, 4.69) is 34.6 Å². The van der Waals surface area contributed by atoms with E-state index in [9.17, 15) is 10.2 Å². The number of aliphatic hydroxyl groups excluding tert-OH is 2. The zero-order valence-corrected chi connectivity index (χ0v) is 18.5. The maximum Gasteiger partial charge on any atom is 0.0605 e. The fourth-order valence-corrected chi connectivity index (χ4v) is 9.22. The van der Waals surface area contributed by atoms with Gasteiger partial charge in [0, 0.05) is 0 Å². The standard InChI is InChI=1S/C25H44O2/c1-6-15(3)18-8-9-19-22-20(11-13-24(18,19)4)25(5)12-10-16(26)14-21(25)17(7-2)23(22)27/h15-23,26-27H,6-14H2,1-5H3/t15-,16-,17-,18-,19?,20?,21+,22?,23?,24-,25-/m1/s1. The van der Waals surface area contributed by atoms with Crippen LogP contribution in [0.25, 0.3) is 0 Å². The molecule has 0 bridgehead atoms. The highest BCUT2D eigenvalue weighted by Crippen LogP contribution is 2.69. The minimum atomic E-state index is -0.149. The molecular formula is C25H44O2. The fraction of sp³-hybridized carbons (Fsp3) is 1.00. The molecule has 27 heavy (non-hydrogen) atoms. The van der Waals surface area contributed by atoms with E-state index in [-0.39, 0.29) is 12.2 Å². The van der Waals surface area contributed by atoms with E-state index < -0.39 is 0 Å². The van der Waals surface area contributed by atoms with Crippen LogP contribution in [0.2, 0.25) is 0 Å². The third-order valence-electron chi connectivity index (χ3n) is 10.8. The van der Waals surface area contributed by atoms with Crippen molar-refractivity contribution in [3.63, 3.8) is 0 Å².